The highest BCUT2D eigenvalue weighted by Crippen LogP contribution is 2.66. The quantitative estimate of drug-likeness (QED) is 0.604. The van der Waals surface area contributed by atoms with E-state index in [-0.39, 0.29) is 17.8 Å². The zero-order chi connectivity index (χ0) is 23.9. The summed E-state index contributed by atoms with van der Waals surface area (Å²) < 4.78 is 19.9. The van der Waals surface area contributed by atoms with Crippen LogP contribution in [-0.2, 0) is 16.6 Å². The first-order valence-corrected chi connectivity index (χ1v) is 11.9. The number of benzene rings is 2. The number of nitrogens with zero attached hydrogens (tertiary/aromatic N) is 5. The maximum Gasteiger partial charge on any atom is 0.346 e. The number of carbonyl (C=O) groups excluding carboxylic acids is 1. The summed E-state index contributed by atoms with van der Waals surface area (Å²) in [4.78, 5) is 15.3. The lowest BCUT2D eigenvalue weighted by atomic mass is 9.49. The van der Waals surface area contributed by atoms with Crippen LogP contribution in [0.4, 0.5) is 0 Å². The Balaban J connectivity index is 1.40. The standard InChI is InChI=1S/C25H25N5O5/c1-29-11-10-24-19-14-12-17(34-23-26-27-28-30(23)15-6-4-3-5-7-15)20(33-2)21(19)35-22(24)16(31)8-9-25(24,32)18(29)13-14/h3-7,12,18,22,32H,8-11,13H2,1-2H3/t18-,22+,24+,25-/m1/s1. The fourth-order valence-corrected chi connectivity index (χ4v) is 6.92. The van der Waals surface area contributed by atoms with Gasteiger partial charge in [-0.15, -0.1) is 0 Å². The lowest BCUT2D eigenvalue weighted by molar-refractivity contribution is -0.185. The van der Waals surface area contributed by atoms with E-state index in [1.807, 2.05) is 43.4 Å². The Hall–Kier alpha value is -3.50. The number of ether oxygens (including phenoxy) is 3. The van der Waals surface area contributed by atoms with Gasteiger partial charge in [0.25, 0.3) is 0 Å². The van der Waals surface area contributed by atoms with Crippen LogP contribution in [0.1, 0.15) is 30.4 Å². The van der Waals surface area contributed by atoms with Crippen LogP contribution >= 0.6 is 0 Å². The van der Waals surface area contributed by atoms with Crippen LogP contribution in [0.5, 0.6) is 23.3 Å². The highest BCUT2D eigenvalue weighted by atomic mass is 16.6. The number of carbonyl (C=O) groups is 1. The van der Waals surface area contributed by atoms with Gasteiger partial charge in [0.2, 0.25) is 5.75 Å². The van der Waals surface area contributed by atoms with Crippen molar-refractivity contribution in [2.45, 2.75) is 48.8 Å². The van der Waals surface area contributed by atoms with Crippen molar-refractivity contribution in [3.63, 3.8) is 0 Å². The van der Waals surface area contributed by atoms with Gasteiger partial charge in [-0.2, -0.15) is 4.68 Å². The number of hydrogen-bond acceptors (Lipinski definition) is 9. The summed E-state index contributed by atoms with van der Waals surface area (Å²) in [6.45, 7) is 0.783. The van der Waals surface area contributed by atoms with Crippen LogP contribution < -0.4 is 14.2 Å². The third-order valence-electron chi connectivity index (χ3n) is 8.43. The van der Waals surface area contributed by atoms with Gasteiger partial charge in [-0.3, -0.25) is 4.79 Å². The van der Waals surface area contributed by atoms with Gasteiger partial charge in [-0.25, -0.2) is 0 Å². The van der Waals surface area contributed by atoms with Crippen molar-refractivity contribution in [2.75, 3.05) is 20.7 Å². The number of rotatable bonds is 4. The van der Waals surface area contributed by atoms with Crippen molar-refractivity contribution in [2.24, 2.45) is 0 Å². The number of ketones is 1. The smallest absolute Gasteiger partial charge is 0.346 e. The summed E-state index contributed by atoms with van der Waals surface area (Å²) >= 11 is 0. The number of hydrogen-bond donors (Lipinski definition) is 1. The van der Waals surface area contributed by atoms with Crippen LogP contribution in [0.25, 0.3) is 5.69 Å². The van der Waals surface area contributed by atoms with Crippen LogP contribution in [-0.4, -0.2) is 74.4 Å². The molecule has 2 aliphatic carbocycles. The van der Waals surface area contributed by atoms with E-state index >= 15 is 0 Å². The minimum absolute atomic E-state index is 0.0274. The summed E-state index contributed by atoms with van der Waals surface area (Å²) in [6.07, 6.45) is 1.26. The first-order chi connectivity index (χ1) is 17.0. The molecule has 0 amide bonds. The Kier molecular flexibility index (Phi) is 4.18. The zero-order valence-electron chi connectivity index (χ0n) is 19.5. The summed E-state index contributed by atoms with van der Waals surface area (Å²) in [5.74, 6) is 1.30. The van der Waals surface area contributed by atoms with E-state index in [1.54, 1.807) is 7.11 Å². The molecule has 10 nitrogen and oxygen atoms in total. The van der Waals surface area contributed by atoms with Gasteiger partial charge in [-0.05, 0) is 67.0 Å². The molecule has 1 saturated carbocycles. The number of methoxy groups -OCH3 is 1. The van der Waals surface area contributed by atoms with E-state index in [2.05, 4.69) is 20.4 Å². The van der Waals surface area contributed by atoms with E-state index in [9.17, 15) is 9.90 Å². The molecule has 2 aliphatic heterocycles. The Morgan fingerprint density at radius 1 is 1.23 bits per heavy atom. The lowest BCUT2D eigenvalue weighted by Crippen LogP contribution is -2.76. The van der Waals surface area contributed by atoms with Crippen molar-refractivity contribution < 1.29 is 24.1 Å². The SMILES string of the molecule is COc1c(Oc2nnnn2-c2ccccc2)cc2c3c1O[C@H]1C(=O)CC[C@@]4(O)[C@@H](C2)N(C)CC[C@]314. The molecule has 1 saturated heterocycles. The Bertz CT molecular complexity index is 1360. The Morgan fingerprint density at radius 3 is 2.86 bits per heavy atom. The van der Waals surface area contributed by atoms with E-state index in [0.29, 0.717) is 42.9 Å². The minimum Gasteiger partial charge on any atom is -0.490 e. The van der Waals surface area contributed by atoms with E-state index < -0.39 is 17.1 Å². The molecule has 2 aromatic carbocycles. The number of tetrazole rings is 1. The number of aliphatic hydroxyl groups is 1. The first-order valence-electron chi connectivity index (χ1n) is 11.9. The third kappa shape index (κ3) is 2.50. The largest absolute Gasteiger partial charge is 0.490 e. The normalized spacial score (nSPS) is 30.5. The second-order valence-corrected chi connectivity index (χ2v) is 9.89. The molecule has 35 heavy (non-hydrogen) atoms. The van der Waals surface area contributed by atoms with Crippen molar-refractivity contribution >= 4 is 5.78 Å². The second kappa shape index (κ2) is 7.02. The average molecular weight is 476 g/mol. The van der Waals surface area contributed by atoms with Crippen molar-refractivity contribution in [3.05, 3.63) is 47.5 Å². The predicted octanol–water partition coefficient (Wildman–Crippen LogP) is 1.82. The Morgan fingerprint density at radius 2 is 2.06 bits per heavy atom. The van der Waals surface area contributed by atoms with Gasteiger partial charge in [0, 0.05) is 18.0 Å². The fraction of sp³-hybridized carbons (Fsp3) is 0.440. The van der Waals surface area contributed by atoms with Gasteiger partial charge in [-0.1, -0.05) is 23.3 Å². The number of Topliss-reactive ketones (excluding diaryl/α,β-unsaturated/α-hetero) is 1. The predicted molar refractivity (Wildman–Crippen MR) is 122 cm³/mol. The molecule has 180 valence electrons. The highest BCUT2D eigenvalue weighted by molar-refractivity contribution is 5.90. The van der Waals surface area contributed by atoms with Gasteiger partial charge < -0.3 is 24.2 Å². The van der Waals surface area contributed by atoms with Gasteiger partial charge in [0.15, 0.2) is 23.4 Å². The van der Waals surface area contributed by atoms with E-state index in [1.165, 1.54) is 4.68 Å². The van der Waals surface area contributed by atoms with Crippen LogP contribution in [0.15, 0.2) is 36.4 Å². The number of para-hydroxylation sites is 1. The summed E-state index contributed by atoms with van der Waals surface area (Å²) in [6, 6.07) is 11.4. The molecular weight excluding hydrogens is 450 g/mol. The van der Waals surface area contributed by atoms with Crippen molar-refractivity contribution in [1.29, 1.82) is 0 Å². The summed E-state index contributed by atoms with van der Waals surface area (Å²) in [5, 5.41) is 24.0. The average Bonchev–Trinajstić information content (AvgIpc) is 3.46. The molecule has 7 rings (SSSR count). The second-order valence-electron chi connectivity index (χ2n) is 9.89. The maximum absolute atomic E-state index is 13.1. The van der Waals surface area contributed by atoms with Gasteiger partial charge in [0.1, 0.15) is 0 Å². The molecular formula is C25H25N5O5. The summed E-state index contributed by atoms with van der Waals surface area (Å²) in [5.41, 5.74) is 0.825. The van der Waals surface area contributed by atoms with E-state index in [4.69, 9.17) is 14.2 Å². The van der Waals surface area contributed by atoms with Crippen LogP contribution in [0, 0.1) is 0 Å². The molecule has 2 fully saturated rings. The van der Waals surface area contributed by atoms with Crippen LogP contribution in [0.2, 0.25) is 0 Å². The summed E-state index contributed by atoms with van der Waals surface area (Å²) in [7, 11) is 3.58. The minimum atomic E-state index is -1.04. The zero-order valence-corrected chi connectivity index (χ0v) is 19.5. The van der Waals surface area contributed by atoms with Crippen LogP contribution in [0.3, 0.4) is 0 Å². The first kappa shape index (κ1) is 20.8. The lowest BCUT2D eigenvalue weighted by Gasteiger charge is -2.62. The number of aromatic nitrogens is 4. The Labute approximate surface area is 201 Å². The van der Waals surface area contributed by atoms with Gasteiger partial charge in [0.05, 0.1) is 23.8 Å². The topological polar surface area (TPSA) is 112 Å². The molecule has 1 spiro atoms. The number of likely N-dealkylation sites (N-methyl/N-ethyl adjacent to an activating group) is 1. The molecule has 2 bridgehead atoms. The molecule has 1 N–H and O–H groups in total. The van der Waals surface area contributed by atoms with Gasteiger partial charge >= 0.3 is 6.01 Å². The van der Waals surface area contributed by atoms with E-state index in [0.717, 1.165) is 23.4 Å². The molecule has 0 unspecified atom stereocenters. The number of piperidine rings is 1. The molecule has 0 radical (unpaired) electrons. The highest BCUT2D eigenvalue weighted by Gasteiger charge is 2.73. The molecule has 4 aliphatic rings. The number of likely N-dealkylation sites (tertiary alicyclic amines) is 1. The monoisotopic (exact) mass is 475 g/mol. The molecule has 1 aromatic heterocycles. The van der Waals surface area contributed by atoms with Crippen molar-refractivity contribution in [1.82, 2.24) is 25.1 Å². The molecule has 4 atom stereocenters. The maximum atomic E-state index is 13.1. The third-order valence-corrected chi connectivity index (χ3v) is 8.43. The molecule has 3 heterocycles. The molecule has 10 heteroatoms. The fourth-order valence-electron chi connectivity index (χ4n) is 6.92. The van der Waals surface area contributed by atoms with Crippen molar-refractivity contribution in [3.8, 4) is 28.9 Å². The molecule has 3 aromatic rings.